The Morgan fingerprint density at radius 3 is 2.25 bits per heavy atom. The Morgan fingerprint density at radius 1 is 1.17 bits per heavy atom. The van der Waals surface area contributed by atoms with Crippen molar-refractivity contribution in [1.29, 1.82) is 0 Å². The average molecular weight is 325 g/mol. The van der Waals surface area contributed by atoms with Crippen molar-refractivity contribution in [2.24, 2.45) is 16.9 Å². The van der Waals surface area contributed by atoms with Gasteiger partial charge in [0.1, 0.15) is 0 Å². The summed E-state index contributed by atoms with van der Waals surface area (Å²) < 4.78 is 0. The van der Waals surface area contributed by atoms with E-state index in [1.807, 2.05) is 19.1 Å². The van der Waals surface area contributed by atoms with Crippen LogP contribution in [-0.4, -0.2) is 6.54 Å². The molecule has 0 unspecified atom stereocenters. The van der Waals surface area contributed by atoms with Crippen LogP contribution in [0.3, 0.4) is 0 Å². The SMILES string of the molecule is C=C/C=C(\CCc1ccc(C(/C=C(\N)CN)=C/C)cc1)C(C)(C)C. The molecule has 2 heteroatoms. The van der Waals surface area contributed by atoms with Crippen molar-refractivity contribution in [2.75, 3.05) is 6.54 Å². The van der Waals surface area contributed by atoms with Crippen LogP contribution in [0.25, 0.3) is 5.57 Å². The van der Waals surface area contributed by atoms with Crippen LogP contribution in [0.1, 0.15) is 45.2 Å². The molecule has 1 aromatic carbocycles. The van der Waals surface area contributed by atoms with Crippen molar-refractivity contribution in [1.82, 2.24) is 0 Å². The first-order valence-corrected chi connectivity index (χ1v) is 8.55. The molecule has 0 heterocycles. The molecule has 0 amide bonds. The summed E-state index contributed by atoms with van der Waals surface area (Å²) in [6.45, 7) is 13.0. The zero-order chi connectivity index (χ0) is 18.2. The molecule has 0 radical (unpaired) electrons. The van der Waals surface area contributed by atoms with Crippen LogP contribution in [0, 0.1) is 5.41 Å². The number of hydrogen-bond donors (Lipinski definition) is 2. The maximum atomic E-state index is 5.85. The lowest BCUT2D eigenvalue weighted by molar-refractivity contribution is 0.482. The molecule has 0 saturated heterocycles. The number of allylic oxidation sites excluding steroid dienone is 6. The van der Waals surface area contributed by atoms with Crippen LogP contribution in [0.15, 0.2) is 66.4 Å². The Labute approximate surface area is 147 Å². The van der Waals surface area contributed by atoms with Gasteiger partial charge in [0.05, 0.1) is 0 Å². The van der Waals surface area contributed by atoms with Crippen LogP contribution >= 0.6 is 0 Å². The summed E-state index contributed by atoms with van der Waals surface area (Å²) in [5.74, 6) is 0. The first kappa shape index (κ1) is 20.0. The highest BCUT2D eigenvalue weighted by atomic mass is 14.7. The molecule has 2 nitrogen and oxygen atoms in total. The van der Waals surface area contributed by atoms with Crippen molar-refractivity contribution >= 4 is 5.57 Å². The molecule has 0 aliphatic heterocycles. The van der Waals surface area contributed by atoms with Gasteiger partial charge in [0.2, 0.25) is 0 Å². The molecule has 0 aromatic heterocycles. The van der Waals surface area contributed by atoms with Gasteiger partial charge in [-0.25, -0.2) is 0 Å². The van der Waals surface area contributed by atoms with E-state index in [-0.39, 0.29) is 5.41 Å². The predicted octanol–water partition coefficient (Wildman–Crippen LogP) is 4.98. The van der Waals surface area contributed by atoms with Crippen LogP contribution < -0.4 is 11.5 Å². The van der Waals surface area contributed by atoms with Gasteiger partial charge < -0.3 is 11.5 Å². The second kappa shape index (κ2) is 9.29. The normalized spacial score (nSPS) is 14.0. The lowest BCUT2D eigenvalue weighted by atomic mass is 9.82. The maximum Gasteiger partial charge on any atom is 0.0326 e. The zero-order valence-corrected chi connectivity index (χ0v) is 15.6. The van der Waals surface area contributed by atoms with E-state index >= 15 is 0 Å². The third-order valence-corrected chi connectivity index (χ3v) is 4.14. The van der Waals surface area contributed by atoms with Gasteiger partial charge in [0.25, 0.3) is 0 Å². The Morgan fingerprint density at radius 2 is 1.79 bits per heavy atom. The third-order valence-electron chi connectivity index (χ3n) is 4.14. The van der Waals surface area contributed by atoms with Crippen molar-refractivity contribution in [3.05, 3.63) is 77.5 Å². The highest BCUT2D eigenvalue weighted by molar-refractivity contribution is 5.74. The van der Waals surface area contributed by atoms with Crippen molar-refractivity contribution in [3.8, 4) is 0 Å². The van der Waals surface area contributed by atoms with Crippen molar-refractivity contribution < 1.29 is 0 Å². The first-order chi connectivity index (χ1) is 11.3. The van der Waals surface area contributed by atoms with Gasteiger partial charge in [0.15, 0.2) is 0 Å². The van der Waals surface area contributed by atoms with E-state index in [0.29, 0.717) is 12.2 Å². The molecule has 0 aliphatic rings. The summed E-state index contributed by atoms with van der Waals surface area (Å²) in [7, 11) is 0. The molecular formula is C22H32N2. The molecule has 4 N–H and O–H groups in total. The van der Waals surface area contributed by atoms with E-state index in [0.717, 1.165) is 24.0 Å². The van der Waals surface area contributed by atoms with E-state index in [1.165, 1.54) is 11.1 Å². The summed E-state index contributed by atoms with van der Waals surface area (Å²) in [4.78, 5) is 0. The Bertz CT molecular complexity index is 623. The first-order valence-electron chi connectivity index (χ1n) is 8.55. The predicted molar refractivity (Wildman–Crippen MR) is 107 cm³/mol. The highest BCUT2D eigenvalue weighted by Gasteiger charge is 2.15. The minimum Gasteiger partial charge on any atom is -0.401 e. The summed E-state index contributed by atoms with van der Waals surface area (Å²) in [5.41, 5.74) is 17.3. The Balaban J connectivity index is 2.85. The number of hydrogen-bond acceptors (Lipinski definition) is 2. The van der Waals surface area contributed by atoms with Crippen LogP contribution in [0.2, 0.25) is 0 Å². The molecular weight excluding hydrogens is 292 g/mol. The second-order valence-electron chi connectivity index (χ2n) is 7.04. The third kappa shape index (κ3) is 6.21. The molecule has 1 aromatic rings. The molecule has 0 aliphatic carbocycles. The fourth-order valence-electron chi connectivity index (χ4n) is 2.59. The number of aryl methyl sites for hydroxylation is 1. The lowest BCUT2D eigenvalue weighted by Gasteiger charge is -2.23. The standard InChI is InChI=1S/C22H32N2/c1-6-8-20(22(3,4)5)14-11-17-9-12-19(13-10-17)18(7-2)15-21(24)16-23/h6-10,12-13,15H,1,11,14,16,23-24H2,2-5H3/b18-7+,20-8+,21-15-. The maximum absolute atomic E-state index is 5.85. The number of benzene rings is 1. The molecule has 0 spiro atoms. The van der Waals surface area contributed by atoms with Crippen molar-refractivity contribution in [3.63, 3.8) is 0 Å². The van der Waals surface area contributed by atoms with Crippen molar-refractivity contribution in [2.45, 2.75) is 40.5 Å². The fourth-order valence-corrected chi connectivity index (χ4v) is 2.59. The summed E-state index contributed by atoms with van der Waals surface area (Å²) in [6, 6.07) is 8.69. The summed E-state index contributed by atoms with van der Waals surface area (Å²) in [6.07, 6.45) is 10.1. The number of nitrogens with two attached hydrogens (primary N) is 2. The van der Waals surface area contributed by atoms with E-state index in [4.69, 9.17) is 11.5 Å². The van der Waals surface area contributed by atoms with Gasteiger partial charge in [-0.2, -0.15) is 0 Å². The minimum atomic E-state index is 0.177. The monoisotopic (exact) mass is 324 g/mol. The Hall–Kier alpha value is -2.06. The zero-order valence-electron chi connectivity index (χ0n) is 15.6. The van der Waals surface area contributed by atoms with E-state index in [1.54, 1.807) is 0 Å². The van der Waals surface area contributed by atoms with E-state index < -0.39 is 0 Å². The van der Waals surface area contributed by atoms with Gasteiger partial charge in [-0.1, -0.05) is 75.4 Å². The minimum absolute atomic E-state index is 0.177. The van der Waals surface area contributed by atoms with Crippen LogP contribution in [-0.2, 0) is 6.42 Å². The molecule has 130 valence electrons. The smallest absolute Gasteiger partial charge is 0.0326 e. The summed E-state index contributed by atoms with van der Waals surface area (Å²) in [5, 5.41) is 0. The lowest BCUT2D eigenvalue weighted by Crippen LogP contribution is -2.11. The van der Waals surface area contributed by atoms with Gasteiger partial charge >= 0.3 is 0 Å². The Kier molecular flexibility index (Phi) is 7.73. The highest BCUT2D eigenvalue weighted by Crippen LogP contribution is 2.29. The molecule has 0 saturated carbocycles. The number of rotatable bonds is 7. The van der Waals surface area contributed by atoms with Gasteiger partial charge in [-0.05, 0) is 48.0 Å². The van der Waals surface area contributed by atoms with Crippen LogP contribution in [0.4, 0.5) is 0 Å². The van der Waals surface area contributed by atoms with Crippen LogP contribution in [0.5, 0.6) is 0 Å². The quantitative estimate of drug-likeness (QED) is 0.695. The second-order valence-corrected chi connectivity index (χ2v) is 7.04. The topological polar surface area (TPSA) is 52.0 Å². The van der Waals surface area contributed by atoms with E-state index in [9.17, 15) is 0 Å². The van der Waals surface area contributed by atoms with E-state index in [2.05, 4.69) is 63.8 Å². The largest absolute Gasteiger partial charge is 0.401 e. The van der Waals surface area contributed by atoms with Gasteiger partial charge in [0, 0.05) is 12.2 Å². The molecule has 0 atom stereocenters. The average Bonchev–Trinajstić information content (AvgIpc) is 2.55. The van der Waals surface area contributed by atoms with Gasteiger partial charge in [-0.3, -0.25) is 0 Å². The van der Waals surface area contributed by atoms with Gasteiger partial charge in [-0.15, -0.1) is 0 Å². The fraction of sp³-hybridized carbons (Fsp3) is 0.364. The summed E-state index contributed by atoms with van der Waals surface area (Å²) >= 11 is 0. The molecule has 0 fully saturated rings. The molecule has 0 bridgehead atoms. The molecule has 24 heavy (non-hydrogen) atoms. The molecule has 1 rings (SSSR count).